The molecule has 0 aliphatic heterocycles. The highest BCUT2D eigenvalue weighted by atomic mass is 32.1. The molecule has 0 atom stereocenters. The van der Waals surface area contributed by atoms with Gasteiger partial charge in [-0.3, -0.25) is 9.20 Å². The van der Waals surface area contributed by atoms with Crippen LogP contribution in [0.5, 0.6) is 0 Å². The monoisotopic (exact) mass is 382 g/mol. The van der Waals surface area contributed by atoms with Gasteiger partial charge in [-0.15, -0.1) is 22.7 Å². The lowest BCUT2D eigenvalue weighted by Crippen LogP contribution is -2.14. The Hall–Kier alpha value is -2.51. The molecule has 0 saturated carbocycles. The molecule has 0 spiro atoms. The molecule has 1 amide bonds. The first-order valence-electron chi connectivity index (χ1n) is 8.24. The Morgan fingerprint density at radius 1 is 1.12 bits per heavy atom. The number of carbonyl (C=O) groups excluding carboxylic acids is 1. The Kier molecular flexibility index (Phi) is 4.34. The molecule has 0 fully saturated rings. The number of fused-ring (bicyclic) bond motifs is 1. The number of hydrogen-bond acceptors (Lipinski definition) is 5. The highest BCUT2D eigenvalue weighted by molar-refractivity contribution is 7.15. The van der Waals surface area contributed by atoms with Crippen molar-refractivity contribution < 1.29 is 4.79 Å². The van der Waals surface area contributed by atoms with Crippen LogP contribution in [0.4, 0.5) is 5.13 Å². The standard InChI is InChI=1S/C19H18N4OS2/c1-11-6-13(3)15(7-12(11)2)16-10-26-18(21-16)22-17(24)8-14-9-23-4-5-25-19(23)20-14/h4-7,9-10H,8H2,1-3H3,(H,21,22,24). The van der Waals surface area contributed by atoms with Crippen molar-refractivity contribution in [2.24, 2.45) is 0 Å². The number of rotatable bonds is 4. The third-order valence-corrected chi connectivity index (χ3v) is 5.88. The number of amides is 1. The summed E-state index contributed by atoms with van der Waals surface area (Å²) < 4.78 is 1.93. The van der Waals surface area contributed by atoms with Crippen LogP contribution in [-0.4, -0.2) is 20.3 Å². The van der Waals surface area contributed by atoms with Crippen molar-refractivity contribution in [2.45, 2.75) is 27.2 Å². The molecule has 4 aromatic rings. The second-order valence-electron chi connectivity index (χ2n) is 6.34. The van der Waals surface area contributed by atoms with Crippen LogP contribution in [0.25, 0.3) is 16.2 Å². The van der Waals surface area contributed by atoms with Crippen molar-refractivity contribution in [3.05, 3.63) is 57.7 Å². The smallest absolute Gasteiger partial charge is 0.232 e. The maximum Gasteiger partial charge on any atom is 0.232 e. The molecule has 5 nitrogen and oxygen atoms in total. The van der Waals surface area contributed by atoms with Crippen molar-refractivity contribution in [3.8, 4) is 11.3 Å². The maximum atomic E-state index is 12.3. The zero-order valence-corrected chi connectivity index (χ0v) is 16.4. The molecule has 1 N–H and O–H groups in total. The Morgan fingerprint density at radius 3 is 2.73 bits per heavy atom. The van der Waals surface area contributed by atoms with Gasteiger partial charge in [-0.25, -0.2) is 9.97 Å². The lowest BCUT2D eigenvalue weighted by molar-refractivity contribution is -0.115. The molecule has 3 heterocycles. The first kappa shape index (κ1) is 16.9. The number of aromatic nitrogens is 3. The van der Waals surface area contributed by atoms with Gasteiger partial charge in [-0.2, -0.15) is 0 Å². The molecule has 0 unspecified atom stereocenters. The summed E-state index contributed by atoms with van der Waals surface area (Å²) in [6.07, 6.45) is 4.07. The van der Waals surface area contributed by atoms with Crippen LogP contribution in [0.15, 0.2) is 35.3 Å². The normalized spacial score (nSPS) is 11.2. The van der Waals surface area contributed by atoms with E-state index >= 15 is 0 Å². The van der Waals surface area contributed by atoms with Crippen molar-refractivity contribution in [1.82, 2.24) is 14.4 Å². The van der Waals surface area contributed by atoms with Crippen LogP contribution in [0.3, 0.4) is 0 Å². The van der Waals surface area contributed by atoms with Crippen molar-refractivity contribution in [3.63, 3.8) is 0 Å². The molecule has 0 aliphatic carbocycles. The number of anilines is 1. The maximum absolute atomic E-state index is 12.3. The fourth-order valence-corrected chi connectivity index (χ4v) is 4.33. The minimum absolute atomic E-state index is 0.103. The van der Waals surface area contributed by atoms with E-state index in [9.17, 15) is 4.79 Å². The first-order valence-corrected chi connectivity index (χ1v) is 10.0. The highest BCUT2D eigenvalue weighted by Gasteiger charge is 2.13. The summed E-state index contributed by atoms with van der Waals surface area (Å²) >= 11 is 3.00. The van der Waals surface area contributed by atoms with Crippen LogP contribution >= 0.6 is 22.7 Å². The third kappa shape index (κ3) is 3.27. The molecule has 0 bridgehead atoms. The lowest BCUT2D eigenvalue weighted by atomic mass is 9.99. The minimum Gasteiger partial charge on any atom is -0.302 e. The quantitative estimate of drug-likeness (QED) is 0.560. The number of thiazole rings is 2. The largest absolute Gasteiger partial charge is 0.302 e. The molecule has 1 aromatic carbocycles. The van der Waals surface area contributed by atoms with Crippen molar-refractivity contribution in [2.75, 3.05) is 5.32 Å². The number of imidazole rings is 1. The van der Waals surface area contributed by atoms with E-state index in [0.29, 0.717) is 5.13 Å². The van der Waals surface area contributed by atoms with Crippen LogP contribution in [0.2, 0.25) is 0 Å². The average Bonchev–Trinajstić information content (AvgIpc) is 3.27. The number of carbonyl (C=O) groups is 1. The zero-order chi connectivity index (χ0) is 18.3. The van der Waals surface area contributed by atoms with E-state index in [0.717, 1.165) is 21.9 Å². The summed E-state index contributed by atoms with van der Waals surface area (Å²) in [4.78, 5) is 22.2. The van der Waals surface area contributed by atoms with Gasteiger partial charge in [0.2, 0.25) is 5.91 Å². The van der Waals surface area contributed by atoms with Gasteiger partial charge in [0.05, 0.1) is 17.8 Å². The van der Waals surface area contributed by atoms with E-state index in [-0.39, 0.29) is 12.3 Å². The molecule has 0 radical (unpaired) electrons. The summed E-state index contributed by atoms with van der Waals surface area (Å²) in [5, 5.41) is 7.46. The van der Waals surface area contributed by atoms with Gasteiger partial charge in [-0.1, -0.05) is 6.07 Å². The summed E-state index contributed by atoms with van der Waals surface area (Å²) in [6.45, 7) is 6.30. The van der Waals surface area contributed by atoms with E-state index in [4.69, 9.17) is 0 Å². The summed E-state index contributed by atoms with van der Waals surface area (Å²) in [5.41, 5.74) is 6.47. The second kappa shape index (κ2) is 6.66. The zero-order valence-electron chi connectivity index (χ0n) is 14.7. The fourth-order valence-electron chi connectivity index (χ4n) is 2.88. The van der Waals surface area contributed by atoms with E-state index < -0.39 is 0 Å². The topological polar surface area (TPSA) is 59.3 Å². The Balaban J connectivity index is 1.48. The van der Waals surface area contributed by atoms with Gasteiger partial charge in [-0.05, 0) is 43.5 Å². The molecule has 0 saturated heterocycles. The number of benzene rings is 1. The molecule has 132 valence electrons. The van der Waals surface area contributed by atoms with E-state index in [2.05, 4.69) is 48.2 Å². The van der Waals surface area contributed by atoms with Crippen LogP contribution in [0.1, 0.15) is 22.4 Å². The number of aryl methyl sites for hydroxylation is 3. The van der Waals surface area contributed by atoms with Gasteiger partial charge in [0, 0.05) is 28.7 Å². The van der Waals surface area contributed by atoms with Gasteiger partial charge in [0.1, 0.15) is 0 Å². The molecule has 0 aliphatic rings. The highest BCUT2D eigenvalue weighted by Crippen LogP contribution is 2.29. The number of nitrogens with one attached hydrogen (secondary N) is 1. The molecule has 4 rings (SSSR count). The average molecular weight is 383 g/mol. The van der Waals surface area contributed by atoms with Gasteiger partial charge >= 0.3 is 0 Å². The van der Waals surface area contributed by atoms with Gasteiger partial charge in [0.25, 0.3) is 0 Å². The minimum atomic E-state index is -0.103. The van der Waals surface area contributed by atoms with Crippen LogP contribution in [-0.2, 0) is 11.2 Å². The Bertz CT molecular complexity index is 1080. The summed E-state index contributed by atoms with van der Waals surface area (Å²) in [7, 11) is 0. The molecular formula is C19H18N4OS2. The van der Waals surface area contributed by atoms with Crippen molar-refractivity contribution in [1.29, 1.82) is 0 Å². The number of hydrogen-bond donors (Lipinski definition) is 1. The van der Waals surface area contributed by atoms with E-state index in [1.807, 2.05) is 27.6 Å². The van der Waals surface area contributed by atoms with Gasteiger partial charge in [0.15, 0.2) is 10.1 Å². The Morgan fingerprint density at radius 2 is 1.92 bits per heavy atom. The predicted octanol–water partition coefficient (Wildman–Crippen LogP) is 4.63. The molecular weight excluding hydrogens is 364 g/mol. The first-order chi connectivity index (χ1) is 12.5. The SMILES string of the molecule is Cc1cc(C)c(-c2csc(NC(=O)Cc3cn4ccsc4n3)n2)cc1C. The number of nitrogens with zero attached hydrogens (tertiary/aromatic N) is 3. The van der Waals surface area contributed by atoms with E-state index in [1.54, 1.807) is 11.3 Å². The lowest BCUT2D eigenvalue weighted by Gasteiger charge is -2.07. The van der Waals surface area contributed by atoms with Crippen molar-refractivity contribution >= 4 is 38.7 Å². The summed E-state index contributed by atoms with van der Waals surface area (Å²) in [5.74, 6) is -0.103. The summed E-state index contributed by atoms with van der Waals surface area (Å²) in [6, 6.07) is 4.33. The molecule has 26 heavy (non-hydrogen) atoms. The molecule has 7 heteroatoms. The second-order valence-corrected chi connectivity index (χ2v) is 8.07. The molecule has 3 aromatic heterocycles. The fraction of sp³-hybridized carbons (Fsp3) is 0.211. The predicted molar refractivity (Wildman–Crippen MR) is 107 cm³/mol. The van der Waals surface area contributed by atoms with Crippen LogP contribution in [0, 0.1) is 20.8 Å². The Labute approximate surface area is 159 Å². The van der Waals surface area contributed by atoms with Crippen LogP contribution < -0.4 is 5.32 Å². The third-order valence-electron chi connectivity index (χ3n) is 4.35. The van der Waals surface area contributed by atoms with E-state index in [1.165, 1.54) is 28.0 Å². The van der Waals surface area contributed by atoms with Gasteiger partial charge < -0.3 is 5.32 Å².